The van der Waals surface area contributed by atoms with Gasteiger partial charge in [-0.15, -0.1) is 0 Å². The van der Waals surface area contributed by atoms with Gasteiger partial charge in [0.1, 0.15) is 0 Å². The van der Waals surface area contributed by atoms with Crippen molar-refractivity contribution in [3.8, 4) is 0 Å². The minimum Gasteiger partial charge on any atom is -0.378 e. The van der Waals surface area contributed by atoms with Gasteiger partial charge in [0.2, 0.25) is 0 Å². The van der Waals surface area contributed by atoms with Crippen LogP contribution in [0, 0.1) is 0 Å². The Bertz CT molecular complexity index is 341. The minimum absolute atomic E-state index is 0.779. The molecule has 0 bridgehead atoms. The van der Waals surface area contributed by atoms with Crippen LogP contribution in [0.5, 0.6) is 0 Å². The van der Waals surface area contributed by atoms with Crippen LogP contribution in [0.25, 0.3) is 0 Å². The summed E-state index contributed by atoms with van der Waals surface area (Å²) < 4.78 is 0. The average molecular weight is 220 g/mol. The van der Waals surface area contributed by atoms with Crippen molar-refractivity contribution in [1.29, 1.82) is 0 Å². The summed E-state index contributed by atoms with van der Waals surface area (Å²) in [5, 5.41) is 6.19. The van der Waals surface area contributed by atoms with E-state index in [9.17, 15) is 0 Å². The molecule has 1 aromatic carbocycles. The van der Waals surface area contributed by atoms with Gasteiger partial charge in [0.25, 0.3) is 0 Å². The summed E-state index contributed by atoms with van der Waals surface area (Å²) in [5.74, 6) is 0.802. The van der Waals surface area contributed by atoms with Gasteiger partial charge in [-0.25, -0.2) is 0 Å². The normalized spacial score (nSPS) is 11.1. The lowest BCUT2D eigenvalue weighted by Crippen LogP contribution is -2.34. The molecule has 0 fully saturated rings. The van der Waals surface area contributed by atoms with E-state index in [2.05, 4.69) is 44.8 Å². The number of hydrogen-bond donors (Lipinski definition) is 2. The molecule has 0 amide bonds. The lowest BCUT2D eigenvalue weighted by atomic mass is 10.2. The van der Waals surface area contributed by atoms with Gasteiger partial charge >= 0.3 is 0 Å². The van der Waals surface area contributed by atoms with Gasteiger partial charge in [0, 0.05) is 40.4 Å². The van der Waals surface area contributed by atoms with E-state index in [4.69, 9.17) is 0 Å². The van der Waals surface area contributed by atoms with Crippen LogP contribution in [0.4, 0.5) is 5.69 Å². The maximum absolute atomic E-state index is 4.05. The summed E-state index contributed by atoms with van der Waals surface area (Å²) in [4.78, 5) is 6.14. The molecule has 0 unspecified atom stereocenters. The molecule has 88 valence electrons. The first-order valence-corrected chi connectivity index (χ1v) is 5.32. The number of benzene rings is 1. The van der Waals surface area contributed by atoms with Crippen LogP contribution in [0.1, 0.15) is 5.56 Å². The van der Waals surface area contributed by atoms with Crippen molar-refractivity contribution >= 4 is 11.6 Å². The maximum Gasteiger partial charge on any atom is 0.190 e. The monoisotopic (exact) mass is 220 g/mol. The van der Waals surface area contributed by atoms with E-state index in [1.807, 2.05) is 21.1 Å². The highest BCUT2D eigenvalue weighted by Gasteiger charge is 1.97. The quantitative estimate of drug-likeness (QED) is 0.591. The first-order chi connectivity index (χ1) is 7.67. The average Bonchev–Trinajstić information content (AvgIpc) is 2.31. The van der Waals surface area contributed by atoms with E-state index in [0.717, 1.165) is 12.5 Å². The van der Waals surface area contributed by atoms with Crippen LogP contribution in [0.15, 0.2) is 29.3 Å². The van der Waals surface area contributed by atoms with Crippen LogP contribution < -0.4 is 15.5 Å². The summed E-state index contributed by atoms with van der Waals surface area (Å²) in [6.45, 7) is 0.779. The second-order valence-electron chi connectivity index (χ2n) is 3.74. The highest BCUT2D eigenvalue weighted by Crippen LogP contribution is 2.11. The second kappa shape index (κ2) is 6.00. The molecule has 1 aromatic rings. The first kappa shape index (κ1) is 12.4. The summed E-state index contributed by atoms with van der Waals surface area (Å²) >= 11 is 0. The van der Waals surface area contributed by atoms with E-state index >= 15 is 0 Å². The summed E-state index contributed by atoms with van der Waals surface area (Å²) in [6.07, 6.45) is 0. The number of hydrogen-bond acceptors (Lipinski definition) is 2. The van der Waals surface area contributed by atoms with Crippen molar-refractivity contribution < 1.29 is 0 Å². The summed E-state index contributed by atoms with van der Waals surface area (Å²) in [5.41, 5.74) is 2.45. The topological polar surface area (TPSA) is 39.7 Å². The van der Waals surface area contributed by atoms with Gasteiger partial charge in [-0.3, -0.25) is 4.99 Å². The van der Waals surface area contributed by atoms with Crippen molar-refractivity contribution in [2.75, 3.05) is 33.1 Å². The Morgan fingerprint density at radius 3 is 2.31 bits per heavy atom. The van der Waals surface area contributed by atoms with Gasteiger partial charge in [0.05, 0.1) is 0 Å². The number of aliphatic imine (C=N–C) groups is 1. The number of guanidine groups is 1. The predicted octanol–water partition coefficient (Wildman–Crippen LogP) is 1.05. The Hall–Kier alpha value is -1.71. The van der Waals surface area contributed by atoms with Crippen LogP contribution in [0.3, 0.4) is 0 Å². The van der Waals surface area contributed by atoms with Gasteiger partial charge in [-0.2, -0.15) is 0 Å². The molecule has 0 atom stereocenters. The molecule has 0 aliphatic carbocycles. The Labute approximate surface area is 97.4 Å². The van der Waals surface area contributed by atoms with Crippen LogP contribution in [-0.4, -0.2) is 34.2 Å². The van der Waals surface area contributed by atoms with Crippen LogP contribution in [-0.2, 0) is 6.54 Å². The molecule has 0 radical (unpaired) electrons. The Balaban J connectivity index is 2.56. The van der Waals surface area contributed by atoms with Crippen molar-refractivity contribution in [2.24, 2.45) is 4.99 Å². The zero-order valence-corrected chi connectivity index (χ0v) is 10.4. The molecule has 0 saturated carbocycles. The van der Waals surface area contributed by atoms with Gasteiger partial charge in [-0.05, 0) is 17.7 Å². The fraction of sp³-hybridized carbons (Fsp3) is 0.417. The Morgan fingerprint density at radius 2 is 1.88 bits per heavy atom. The van der Waals surface area contributed by atoms with E-state index in [1.54, 1.807) is 7.05 Å². The molecule has 4 heteroatoms. The van der Waals surface area contributed by atoms with E-state index in [-0.39, 0.29) is 0 Å². The third kappa shape index (κ3) is 3.46. The molecule has 1 rings (SSSR count). The zero-order chi connectivity index (χ0) is 12.0. The molecular formula is C12H20N4. The largest absolute Gasteiger partial charge is 0.378 e. The van der Waals surface area contributed by atoms with Crippen molar-refractivity contribution in [3.05, 3.63) is 29.8 Å². The third-order valence-corrected chi connectivity index (χ3v) is 2.37. The fourth-order valence-corrected chi connectivity index (χ4v) is 1.38. The number of nitrogens with one attached hydrogen (secondary N) is 2. The number of nitrogens with zero attached hydrogens (tertiary/aromatic N) is 2. The van der Waals surface area contributed by atoms with E-state index in [0.29, 0.717) is 0 Å². The summed E-state index contributed by atoms with van der Waals surface area (Å²) in [6, 6.07) is 8.45. The van der Waals surface area contributed by atoms with Crippen molar-refractivity contribution in [1.82, 2.24) is 10.6 Å². The molecule has 16 heavy (non-hydrogen) atoms. The maximum atomic E-state index is 4.05. The SMILES string of the molecule is CN=C(NC)NCc1ccc(N(C)C)cc1. The molecule has 0 spiro atoms. The van der Waals surface area contributed by atoms with Crippen LogP contribution >= 0.6 is 0 Å². The van der Waals surface area contributed by atoms with Crippen molar-refractivity contribution in [3.63, 3.8) is 0 Å². The first-order valence-electron chi connectivity index (χ1n) is 5.32. The van der Waals surface area contributed by atoms with Gasteiger partial charge in [0.15, 0.2) is 5.96 Å². The highest BCUT2D eigenvalue weighted by atomic mass is 15.1. The van der Waals surface area contributed by atoms with E-state index < -0.39 is 0 Å². The lowest BCUT2D eigenvalue weighted by molar-refractivity contribution is 0.866. The second-order valence-corrected chi connectivity index (χ2v) is 3.74. The lowest BCUT2D eigenvalue weighted by Gasteiger charge is -2.13. The van der Waals surface area contributed by atoms with Gasteiger partial charge < -0.3 is 15.5 Å². The molecular weight excluding hydrogens is 200 g/mol. The van der Waals surface area contributed by atoms with Gasteiger partial charge in [-0.1, -0.05) is 12.1 Å². The van der Waals surface area contributed by atoms with Crippen LogP contribution in [0.2, 0.25) is 0 Å². The molecule has 4 nitrogen and oxygen atoms in total. The minimum atomic E-state index is 0.779. The third-order valence-electron chi connectivity index (χ3n) is 2.37. The molecule has 0 heterocycles. The molecule has 0 aliphatic rings. The van der Waals surface area contributed by atoms with Crippen molar-refractivity contribution in [2.45, 2.75) is 6.54 Å². The number of anilines is 1. The van der Waals surface area contributed by atoms with E-state index in [1.165, 1.54) is 11.3 Å². The number of rotatable bonds is 3. The molecule has 2 N–H and O–H groups in total. The fourth-order valence-electron chi connectivity index (χ4n) is 1.38. The summed E-state index contributed by atoms with van der Waals surface area (Å²) in [7, 11) is 7.69. The zero-order valence-electron chi connectivity index (χ0n) is 10.4. The Morgan fingerprint density at radius 1 is 1.25 bits per heavy atom. The Kier molecular flexibility index (Phi) is 4.64. The smallest absolute Gasteiger partial charge is 0.190 e. The standard InChI is InChI=1S/C12H20N4/c1-13-12(14-2)15-9-10-5-7-11(8-6-10)16(3)4/h5-8H,9H2,1-4H3,(H2,13,14,15). The highest BCUT2D eigenvalue weighted by molar-refractivity contribution is 5.79. The molecule has 0 aliphatic heterocycles. The molecule has 0 saturated heterocycles. The predicted molar refractivity (Wildman–Crippen MR) is 70.0 cm³/mol. The molecule has 0 aromatic heterocycles.